The maximum atomic E-state index is 4.14. The Morgan fingerprint density at radius 2 is 2.25 bits per heavy atom. The Labute approximate surface area is 74.1 Å². The van der Waals surface area contributed by atoms with Gasteiger partial charge in [0.15, 0.2) is 0 Å². The number of nitrogens with zero attached hydrogens (tertiary/aromatic N) is 1. The average Bonchev–Trinajstić information content (AvgIpc) is 2.52. The van der Waals surface area contributed by atoms with Crippen molar-refractivity contribution in [1.29, 1.82) is 0 Å². The Bertz CT molecular complexity index is 414. The molecule has 1 N–H and O–H groups in total. The number of hydrogen-bond donors (Lipinski definition) is 1. The van der Waals surface area contributed by atoms with Crippen LogP contribution in [0.25, 0.3) is 10.8 Å². The third-order valence-corrected chi connectivity index (χ3v) is 2.90. The molecular formula is C9H6N2S. The molecule has 2 heterocycles. The molecule has 0 bridgehead atoms. The van der Waals surface area contributed by atoms with Crippen molar-refractivity contribution < 1.29 is 0 Å². The fourth-order valence-corrected chi connectivity index (χ4v) is 2.32. The van der Waals surface area contributed by atoms with Crippen LogP contribution in [-0.4, -0.2) is 4.98 Å². The molecular weight excluding hydrogens is 168 g/mol. The van der Waals surface area contributed by atoms with Gasteiger partial charge in [-0.05, 0) is 18.0 Å². The predicted octanol–water partition coefficient (Wildman–Crippen LogP) is 2.67. The lowest BCUT2D eigenvalue weighted by Crippen LogP contribution is -1.79. The van der Waals surface area contributed by atoms with Crippen molar-refractivity contribution in [3.63, 3.8) is 0 Å². The van der Waals surface area contributed by atoms with Crippen molar-refractivity contribution in [2.24, 2.45) is 0 Å². The molecule has 1 aliphatic heterocycles. The van der Waals surface area contributed by atoms with Crippen LogP contribution in [-0.2, 0) is 0 Å². The van der Waals surface area contributed by atoms with Gasteiger partial charge in [0.05, 0.1) is 11.9 Å². The van der Waals surface area contributed by atoms with Crippen LogP contribution in [0.2, 0.25) is 0 Å². The first-order chi connectivity index (χ1) is 5.95. The zero-order chi connectivity index (χ0) is 7.97. The van der Waals surface area contributed by atoms with Crippen molar-refractivity contribution in [3.8, 4) is 0 Å². The van der Waals surface area contributed by atoms with Crippen LogP contribution >= 0.6 is 11.9 Å². The molecule has 0 amide bonds. The average molecular weight is 174 g/mol. The molecule has 0 atom stereocenters. The molecule has 12 heavy (non-hydrogen) atoms. The van der Waals surface area contributed by atoms with Gasteiger partial charge >= 0.3 is 0 Å². The first-order valence-electron chi connectivity index (χ1n) is 3.75. The Hall–Kier alpha value is -1.22. The first kappa shape index (κ1) is 6.31. The SMILES string of the molecule is c1cc2c3c(cncc3c1)NS2. The van der Waals surface area contributed by atoms with Gasteiger partial charge in [0.1, 0.15) is 0 Å². The van der Waals surface area contributed by atoms with Crippen LogP contribution in [0.15, 0.2) is 35.5 Å². The van der Waals surface area contributed by atoms with Crippen LogP contribution in [0.5, 0.6) is 0 Å². The molecule has 2 nitrogen and oxygen atoms in total. The van der Waals surface area contributed by atoms with Gasteiger partial charge in [0, 0.05) is 21.9 Å². The van der Waals surface area contributed by atoms with Crippen LogP contribution in [0.3, 0.4) is 0 Å². The Balaban J connectivity index is 2.58. The lowest BCUT2D eigenvalue weighted by molar-refractivity contribution is 1.36. The van der Waals surface area contributed by atoms with Crippen LogP contribution in [0.1, 0.15) is 0 Å². The molecule has 3 heteroatoms. The van der Waals surface area contributed by atoms with E-state index in [9.17, 15) is 0 Å². The predicted molar refractivity (Wildman–Crippen MR) is 51.2 cm³/mol. The summed E-state index contributed by atoms with van der Waals surface area (Å²) in [5, 5.41) is 2.51. The second kappa shape index (κ2) is 2.14. The summed E-state index contributed by atoms with van der Waals surface area (Å²) in [4.78, 5) is 5.44. The summed E-state index contributed by atoms with van der Waals surface area (Å²) >= 11 is 1.66. The summed E-state index contributed by atoms with van der Waals surface area (Å²) in [5.41, 5.74) is 1.13. The molecule has 0 spiro atoms. The van der Waals surface area contributed by atoms with E-state index in [4.69, 9.17) is 0 Å². The fraction of sp³-hybridized carbons (Fsp3) is 0. The topological polar surface area (TPSA) is 24.9 Å². The number of hydrogen-bond acceptors (Lipinski definition) is 3. The van der Waals surface area contributed by atoms with Crippen molar-refractivity contribution in [2.75, 3.05) is 4.72 Å². The van der Waals surface area contributed by atoms with Gasteiger partial charge in [-0.15, -0.1) is 0 Å². The number of benzene rings is 1. The smallest absolute Gasteiger partial charge is 0.0720 e. The molecule has 58 valence electrons. The van der Waals surface area contributed by atoms with Gasteiger partial charge in [0.25, 0.3) is 0 Å². The monoisotopic (exact) mass is 174 g/mol. The summed E-state index contributed by atoms with van der Waals surface area (Å²) < 4.78 is 3.23. The summed E-state index contributed by atoms with van der Waals surface area (Å²) in [5.74, 6) is 0. The Morgan fingerprint density at radius 3 is 3.25 bits per heavy atom. The molecule has 1 aromatic carbocycles. The summed E-state index contributed by atoms with van der Waals surface area (Å²) in [6, 6.07) is 6.27. The molecule has 0 unspecified atom stereocenters. The summed E-state index contributed by atoms with van der Waals surface area (Å²) in [6.07, 6.45) is 3.77. The van der Waals surface area contributed by atoms with E-state index in [0.717, 1.165) is 5.69 Å². The number of aromatic nitrogens is 1. The quantitative estimate of drug-likeness (QED) is 0.621. The normalized spacial score (nSPS) is 13.3. The number of anilines is 1. The Kier molecular flexibility index (Phi) is 1.12. The molecule has 2 aromatic rings. The number of rotatable bonds is 0. The zero-order valence-corrected chi connectivity index (χ0v) is 7.06. The number of nitrogens with one attached hydrogen (secondary N) is 1. The summed E-state index contributed by atoms with van der Waals surface area (Å²) in [7, 11) is 0. The van der Waals surface area contributed by atoms with Gasteiger partial charge in [0.2, 0.25) is 0 Å². The molecule has 0 fully saturated rings. The standard InChI is InChI=1S/C9H6N2S/c1-2-6-4-10-5-7-9(6)8(3-1)12-11-7/h1-5,11H. The van der Waals surface area contributed by atoms with Gasteiger partial charge in [-0.25, -0.2) is 0 Å². The molecule has 1 aliphatic rings. The van der Waals surface area contributed by atoms with E-state index in [2.05, 4.69) is 27.9 Å². The lowest BCUT2D eigenvalue weighted by atomic mass is 10.1. The van der Waals surface area contributed by atoms with Crippen molar-refractivity contribution in [2.45, 2.75) is 4.90 Å². The van der Waals surface area contributed by atoms with E-state index in [1.807, 2.05) is 12.4 Å². The van der Waals surface area contributed by atoms with Crippen LogP contribution in [0.4, 0.5) is 5.69 Å². The molecule has 0 saturated carbocycles. The van der Waals surface area contributed by atoms with Crippen molar-refractivity contribution in [1.82, 2.24) is 4.98 Å². The highest BCUT2D eigenvalue weighted by molar-refractivity contribution is 8.01. The van der Waals surface area contributed by atoms with Crippen LogP contribution < -0.4 is 4.72 Å². The van der Waals surface area contributed by atoms with E-state index in [1.54, 1.807) is 11.9 Å². The van der Waals surface area contributed by atoms with Gasteiger partial charge in [-0.2, -0.15) is 0 Å². The zero-order valence-electron chi connectivity index (χ0n) is 6.24. The highest BCUT2D eigenvalue weighted by atomic mass is 32.2. The minimum atomic E-state index is 1.13. The van der Waals surface area contributed by atoms with E-state index >= 15 is 0 Å². The minimum Gasteiger partial charge on any atom is -0.324 e. The second-order valence-electron chi connectivity index (χ2n) is 2.75. The lowest BCUT2D eigenvalue weighted by Gasteiger charge is -1.96. The third kappa shape index (κ3) is 0.689. The van der Waals surface area contributed by atoms with E-state index in [0.29, 0.717) is 0 Å². The molecule has 3 rings (SSSR count). The third-order valence-electron chi connectivity index (χ3n) is 2.02. The molecule has 0 saturated heterocycles. The van der Waals surface area contributed by atoms with Gasteiger partial charge in [-0.3, -0.25) is 4.98 Å². The van der Waals surface area contributed by atoms with E-state index in [-0.39, 0.29) is 0 Å². The van der Waals surface area contributed by atoms with E-state index < -0.39 is 0 Å². The number of pyridine rings is 1. The van der Waals surface area contributed by atoms with Gasteiger partial charge < -0.3 is 4.72 Å². The second-order valence-corrected chi connectivity index (χ2v) is 3.59. The van der Waals surface area contributed by atoms with E-state index in [1.165, 1.54) is 15.7 Å². The fourth-order valence-electron chi connectivity index (χ4n) is 1.47. The molecule has 1 aromatic heterocycles. The van der Waals surface area contributed by atoms with Crippen LogP contribution in [0, 0.1) is 0 Å². The molecule has 0 aliphatic carbocycles. The highest BCUT2D eigenvalue weighted by Gasteiger charge is 2.13. The highest BCUT2D eigenvalue weighted by Crippen LogP contribution is 2.39. The maximum absolute atomic E-state index is 4.14. The Morgan fingerprint density at radius 1 is 1.25 bits per heavy atom. The van der Waals surface area contributed by atoms with Gasteiger partial charge in [-0.1, -0.05) is 12.1 Å². The largest absolute Gasteiger partial charge is 0.324 e. The van der Waals surface area contributed by atoms with Crippen molar-refractivity contribution >= 4 is 28.4 Å². The summed E-state index contributed by atoms with van der Waals surface area (Å²) in [6.45, 7) is 0. The molecule has 0 radical (unpaired) electrons. The maximum Gasteiger partial charge on any atom is 0.0720 e. The first-order valence-corrected chi connectivity index (χ1v) is 4.56. The minimum absolute atomic E-state index is 1.13. The van der Waals surface area contributed by atoms with Crippen molar-refractivity contribution in [3.05, 3.63) is 30.6 Å².